The van der Waals surface area contributed by atoms with Gasteiger partial charge in [0.05, 0.1) is 5.41 Å². The molecule has 114 valence electrons. The number of carboxylic acids is 1. The Hall–Kier alpha value is -1.79. The fourth-order valence-electron chi connectivity index (χ4n) is 2.37. The third-order valence-electron chi connectivity index (χ3n) is 3.74. The minimum atomic E-state index is -0.990. The summed E-state index contributed by atoms with van der Waals surface area (Å²) < 4.78 is 0. The number of carbonyl (C=O) groups excluding carboxylic acids is 2. The number of hydrogen-bond acceptors (Lipinski definition) is 3. The van der Waals surface area contributed by atoms with Crippen LogP contribution in [0.3, 0.4) is 0 Å². The van der Waals surface area contributed by atoms with Crippen molar-refractivity contribution in [1.82, 2.24) is 15.5 Å². The van der Waals surface area contributed by atoms with E-state index in [1.54, 1.807) is 13.8 Å². The van der Waals surface area contributed by atoms with Gasteiger partial charge >= 0.3 is 12.0 Å². The first kappa shape index (κ1) is 16.3. The summed E-state index contributed by atoms with van der Waals surface area (Å²) in [4.78, 5) is 36.2. The fraction of sp³-hybridized carbons (Fsp3) is 0.769. The number of aliphatic carboxylic acids is 1. The van der Waals surface area contributed by atoms with Gasteiger partial charge in [0, 0.05) is 20.1 Å². The Morgan fingerprint density at radius 1 is 1.35 bits per heavy atom. The molecule has 1 heterocycles. The predicted octanol–water partition coefficient (Wildman–Crippen LogP) is 0.263. The zero-order chi connectivity index (χ0) is 15.5. The number of amides is 3. The first-order valence-corrected chi connectivity index (χ1v) is 6.70. The fourth-order valence-corrected chi connectivity index (χ4v) is 2.37. The van der Waals surface area contributed by atoms with Gasteiger partial charge in [0.15, 0.2) is 0 Å². The van der Waals surface area contributed by atoms with Crippen molar-refractivity contribution in [1.29, 1.82) is 0 Å². The van der Waals surface area contributed by atoms with Gasteiger partial charge in [-0.05, 0) is 26.2 Å². The molecule has 2 atom stereocenters. The molecule has 7 nitrogen and oxygen atoms in total. The molecule has 0 aliphatic carbocycles. The Kier molecular flexibility index (Phi) is 4.97. The average molecular weight is 285 g/mol. The monoisotopic (exact) mass is 285 g/mol. The number of carboxylic acid groups (broad SMARTS) is 1. The van der Waals surface area contributed by atoms with Gasteiger partial charge in [-0.2, -0.15) is 0 Å². The Morgan fingerprint density at radius 2 is 1.95 bits per heavy atom. The lowest BCUT2D eigenvalue weighted by Crippen LogP contribution is -2.51. The topological polar surface area (TPSA) is 98.7 Å². The molecule has 3 N–H and O–H groups in total. The molecular weight excluding hydrogens is 262 g/mol. The van der Waals surface area contributed by atoms with Crippen LogP contribution in [0.5, 0.6) is 0 Å². The number of nitrogens with zero attached hydrogens (tertiary/aromatic N) is 1. The highest BCUT2D eigenvalue weighted by Crippen LogP contribution is 2.24. The standard InChI is InChI=1S/C13H23N3O4/c1-8-5-6-16(9(8)10(17)18)12(20)15-7-13(2,3)11(19)14-4/h8-9H,5-7H2,1-4H3,(H,14,19)(H,15,20)(H,17,18). The highest BCUT2D eigenvalue weighted by atomic mass is 16.4. The minimum Gasteiger partial charge on any atom is -0.480 e. The lowest BCUT2D eigenvalue weighted by atomic mass is 9.92. The van der Waals surface area contributed by atoms with Crippen LogP contribution >= 0.6 is 0 Å². The summed E-state index contributed by atoms with van der Waals surface area (Å²) in [7, 11) is 1.54. The van der Waals surface area contributed by atoms with Crippen molar-refractivity contribution >= 4 is 17.9 Å². The number of likely N-dealkylation sites (tertiary alicyclic amines) is 1. The second kappa shape index (κ2) is 6.11. The average Bonchev–Trinajstić information content (AvgIpc) is 2.77. The summed E-state index contributed by atoms with van der Waals surface area (Å²) in [5.74, 6) is -1.23. The van der Waals surface area contributed by atoms with Crippen LogP contribution in [-0.4, -0.2) is 54.1 Å². The summed E-state index contributed by atoms with van der Waals surface area (Å²) >= 11 is 0. The van der Waals surface area contributed by atoms with Crippen LogP contribution in [0.25, 0.3) is 0 Å². The first-order valence-electron chi connectivity index (χ1n) is 6.70. The molecule has 7 heteroatoms. The molecule has 0 aromatic carbocycles. The van der Waals surface area contributed by atoms with E-state index in [0.717, 1.165) is 0 Å². The smallest absolute Gasteiger partial charge is 0.326 e. The second-order valence-electron chi connectivity index (χ2n) is 5.86. The minimum absolute atomic E-state index is 0.0646. The van der Waals surface area contributed by atoms with Gasteiger partial charge in [0.1, 0.15) is 6.04 Å². The Balaban J connectivity index is 2.63. The summed E-state index contributed by atoms with van der Waals surface area (Å²) in [6.45, 7) is 5.83. The molecule has 1 saturated heterocycles. The lowest BCUT2D eigenvalue weighted by molar-refractivity contribution is -0.142. The first-order chi connectivity index (χ1) is 9.20. The third kappa shape index (κ3) is 3.40. The quantitative estimate of drug-likeness (QED) is 0.690. The number of nitrogens with one attached hydrogen (secondary N) is 2. The molecule has 20 heavy (non-hydrogen) atoms. The van der Waals surface area contributed by atoms with Crippen molar-refractivity contribution < 1.29 is 19.5 Å². The number of rotatable bonds is 4. The van der Waals surface area contributed by atoms with E-state index < -0.39 is 23.5 Å². The summed E-state index contributed by atoms with van der Waals surface area (Å²) in [5.41, 5.74) is -0.742. The highest BCUT2D eigenvalue weighted by molar-refractivity contribution is 5.85. The molecule has 2 unspecified atom stereocenters. The molecule has 0 bridgehead atoms. The van der Waals surface area contributed by atoms with Crippen LogP contribution < -0.4 is 10.6 Å². The van der Waals surface area contributed by atoms with Gasteiger partial charge in [-0.15, -0.1) is 0 Å². The van der Waals surface area contributed by atoms with E-state index in [1.165, 1.54) is 11.9 Å². The van der Waals surface area contributed by atoms with Gasteiger partial charge < -0.3 is 20.6 Å². The maximum atomic E-state index is 12.1. The molecule has 0 aromatic heterocycles. The predicted molar refractivity (Wildman–Crippen MR) is 73.2 cm³/mol. The normalized spacial score (nSPS) is 22.5. The molecule has 1 aliphatic heterocycles. The molecule has 3 amide bonds. The molecule has 0 aromatic rings. The molecule has 1 aliphatic rings. The zero-order valence-electron chi connectivity index (χ0n) is 12.4. The molecular formula is C13H23N3O4. The van der Waals surface area contributed by atoms with Crippen LogP contribution in [-0.2, 0) is 9.59 Å². The summed E-state index contributed by atoms with van der Waals surface area (Å²) in [6.07, 6.45) is 0.670. The van der Waals surface area contributed by atoms with E-state index in [0.29, 0.717) is 13.0 Å². The molecule has 0 saturated carbocycles. The van der Waals surface area contributed by atoms with E-state index in [2.05, 4.69) is 10.6 Å². The maximum Gasteiger partial charge on any atom is 0.326 e. The number of urea groups is 1. The SMILES string of the molecule is CNC(=O)C(C)(C)CNC(=O)N1CCC(C)C1C(=O)O. The summed E-state index contributed by atoms with van der Waals surface area (Å²) in [6, 6.07) is -1.23. The maximum absolute atomic E-state index is 12.1. The van der Waals surface area contributed by atoms with Gasteiger partial charge in [0.25, 0.3) is 0 Å². The van der Waals surface area contributed by atoms with E-state index in [1.807, 2.05) is 6.92 Å². The van der Waals surface area contributed by atoms with Gasteiger partial charge in [-0.25, -0.2) is 9.59 Å². The lowest BCUT2D eigenvalue weighted by Gasteiger charge is -2.27. The number of hydrogen-bond donors (Lipinski definition) is 3. The molecule has 0 spiro atoms. The van der Waals surface area contributed by atoms with Crippen LogP contribution in [0.4, 0.5) is 4.79 Å². The van der Waals surface area contributed by atoms with Gasteiger partial charge in [0.2, 0.25) is 5.91 Å². The van der Waals surface area contributed by atoms with Gasteiger partial charge in [-0.1, -0.05) is 6.92 Å². The van der Waals surface area contributed by atoms with Crippen LogP contribution in [0.2, 0.25) is 0 Å². The molecule has 0 radical (unpaired) electrons. The van der Waals surface area contributed by atoms with Gasteiger partial charge in [-0.3, -0.25) is 4.79 Å². The van der Waals surface area contributed by atoms with Crippen molar-refractivity contribution in [2.75, 3.05) is 20.1 Å². The van der Waals surface area contributed by atoms with Crippen molar-refractivity contribution in [3.8, 4) is 0 Å². The Bertz CT molecular complexity index is 408. The van der Waals surface area contributed by atoms with Crippen molar-refractivity contribution in [3.63, 3.8) is 0 Å². The van der Waals surface area contributed by atoms with Crippen molar-refractivity contribution in [2.24, 2.45) is 11.3 Å². The second-order valence-corrected chi connectivity index (χ2v) is 5.86. The van der Waals surface area contributed by atoms with E-state index in [4.69, 9.17) is 0 Å². The number of carbonyl (C=O) groups is 3. The van der Waals surface area contributed by atoms with Crippen molar-refractivity contribution in [3.05, 3.63) is 0 Å². The summed E-state index contributed by atoms with van der Waals surface area (Å²) in [5, 5.41) is 14.4. The molecule has 1 fully saturated rings. The van der Waals surface area contributed by atoms with E-state index in [9.17, 15) is 19.5 Å². The highest BCUT2D eigenvalue weighted by Gasteiger charge is 2.40. The molecule has 1 rings (SSSR count). The third-order valence-corrected chi connectivity index (χ3v) is 3.74. The Labute approximate surface area is 118 Å². The van der Waals surface area contributed by atoms with E-state index >= 15 is 0 Å². The zero-order valence-corrected chi connectivity index (χ0v) is 12.4. The Morgan fingerprint density at radius 3 is 2.45 bits per heavy atom. The van der Waals surface area contributed by atoms with E-state index in [-0.39, 0.29) is 18.4 Å². The van der Waals surface area contributed by atoms with Crippen LogP contribution in [0, 0.1) is 11.3 Å². The van der Waals surface area contributed by atoms with Crippen LogP contribution in [0.15, 0.2) is 0 Å². The van der Waals surface area contributed by atoms with Crippen molar-refractivity contribution in [2.45, 2.75) is 33.2 Å². The van der Waals surface area contributed by atoms with Crippen LogP contribution in [0.1, 0.15) is 27.2 Å². The largest absolute Gasteiger partial charge is 0.480 e.